The second kappa shape index (κ2) is 7.42. The van der Waals surface area contributed by atoms with Gasteiger partial charge in [-0.05, 0) is 38.7 Å². The van der Waals surface area contributed by atoms with Crippen LogP contribution in [0.4, 0.5) is 0 Å². The van der Waals surface area contributed by atoms with Gasteiger partial charge in [0.15, 0.2) is 0 Å². The van der Waals surface area contributed by atoms with Gasteiger partial charge in [0.25, 0.3) is 5.91 Å². The maximum Gasteiger partial charge on any atom is 0.272 e. The molecule has 24 heavy (non-hydrogen) atoms. The fourth-order valence-corrected chi connectivity index (χ4v) is 2.99. The van der Waals surface area contributed by atoms with E-state index in [0.29, 0.717) is 17.5 Å². The second-order valence-corrected chi connectivity index (χ2v) is 6.40. The first-order chi connectivity index (χ1) is 11.6. The van der Waals surface area contributed by atoms with E-state index in [1.807, 2.05) is 29.5 Å². The highest BCUT2D eigenvalue weighted by atomic mass is 16.5. The van der Waals surface area contributed by atoms with Crippen LogP contribution in [0.3, 0.4) is 0 Å². The third-order valence-electron chi connectivity index (χ3n) is 4.02. The predicted molar refractivity (Wildman–Crippen MR) is 88.7 cm³/mol. The van der Waals surface area contributed by atoms with E-state index < -0.39 is 0 Å². The summed E-state index contributed by atoms with van der Waals surface area (Å²) in [7, 11) is 0. The summed E-state index contributed by atoms with van der Waals surface area (Å²) in [5.41, 5.74) is 0.439. The van der Waals surface area contributed by atoms with Crippen LogP contribution in [0.2, 0.25) is 0 Å². The monoisotopic (exact) mass is 329 g/mol. The van der Waals surface area contributed by atoms with E-state index in [-0.39, 0.29) is 12.0 Å². The number of carbonyl (C=O) groups is 1. The van der Waals surface area contributed by atoms with E-state index in [2.05, 4.69) is 15.1 Å². The minimum Gasteiger partial charge on any atom is -0.475 e. The summed E-state index contributed by atoms with van der Waals surface area (Å²) in [5, 5.41) is 4.15. The topological polar surface area (TPSA) is 73.1 Å². The van der Waals surface area contributed by atoms with Crippen molar-refractivity contribution in [3.8, 4) is 5.88 Å². The zero-order chi connectivity index (χ0) is 16.9. The molecule has 128 valence electrons. The van der Waals surface area contributed by atoms with Gasteiger partial charge in [-0.3, -0.25) is 9.48 Å². The van der Waals surface area contributed by atoms with Crippen molar-refractivity contribution in [1.82, 2.24) is 24.6 Å². The highest BCUT2D eigenvalue weighted by Gasteiger charge is 2.25. The summed E-state index contributed by atoms with van der Waals surface area (Å²) in [6.45, 7) is 6.15. The number of amides is 1. The van der Waals surface area contributed by atoms with Crippen molar-refractivity contribution in [1.29, 1.82) is 0 Å². The highest BCUT2D eigenvalue weighted by molar-refractivity contribution is 5.92. The molecule has 0 aliphatic carbocycles. The zero-order valence-corrected chi connectivity index (χ0v) is 14.1. The van der Waals surface area contributed by atoms with Crippen LogP contribution in [-0.4, -0.2) is 49.7 Å². The van der Waals surface area contributed by atoms with Crippen LogP contribution in [0.25, 0.3) is 0 Å². The molecule has 0 aromatic carbocycles. The number of pyridine rings is 1. The summed E-state index contributed by atoms with van der Waals surface area (Å²) in [5.74, 6) is 0.846. The molecule has 0 N–H and O–H groups in total. The van der Waals surface area contributed by atoms with Crippen molar-refractivity contribution in [2.45, 2.75) is 39.3 Å². The molecule has 1 amide bonds. The number of nitrogens with zero attached hydrogens (tertiary/aromatic N) is 5. The molecule has 1 saturated heterocycles. The number of ether oxygens (including phenoxy) is 1. The average molecular weight is 329 g/mol. The molecule has 2 aromatic heterocycles. The maximum absolute atomic E-state index is 12.8. The number of hydrogen-bond donors (Lipinski definition) is 0. The smallest absolute Gasteiger partial charge is 0.272 e. The second-order valence-electron chi connectivity index (χ2n) is 6.40. The van der Waals surface area contributed by atoms with Gasteiger partial charge in [-0.15, -0.1) is 0 Å². The molecule has 3 rings (SSSR count). The number of piperidine rings is 1. The first kappa shape index (κ1) is 16.4. The van der Waals surface area contributed by atoms with Crippen LogP contribution in [-0.2, 0) is 6.54 Å². The average Bonchev–Trinajstić information content (AvgIpc) is 3.07. The lowest BCUT2D eigenvalue weighted by atomic mass is 9.98. The van der Waals surface area contributed by atoms with E-state index in [0.717, 1.165) is 32.5 Å². The van der Waals surface area contributed by atoms with Gasteiger partial charge in [0.05, 0.1) is 6.10 Å². The standard InChI is InChI=1S/C17H23N5O2/c1-13(2)24-16-7-3-6-15(20-16)17(23)21-8-4-5-14(9-21)10-22-12-18-11-19-22/h3,6-7,11-14H,4-5,8-10H2,1-2H3. The molecule has 0 saturated carbocycles. The normalized spacial score (nSPS) is 18.0. The van der Waals surface area contributed by atoms with E-state index in [1.165, 1.54) is 6.33 Å². The summed E-state index contributed by atoms with van der Waals surface area (Å²) in [4.78, 5) is 23.0. The van der Waals surface area contributed by atoms with Gasteiger partial charge >= 0.3 is 0 Å². The number of rotatable bonds is 5. The first-order valence-corrected chi connectivity index (χ1v) is 8.37. The maximum atomic E-state index is 12.8. The molecule has 1 aliphatic rings. The van der Waals surface area contributed by atoms with Crippen molar-refractivity contribution in [2.24, 2.45) is 5.92 Å². The van der Waals surface area contributed by atoms with Crippen LogP contribution < -0.4 is 4.74 Å². The Bertz CT molecular complexity index is 671. The summed E-state index contributed by atoms with van der Waals surface area (Å²) < 4.78 is 7.41. The molecule has 7 nitrogen and oxygen atoms in total. The molecule has 3 heterocycles. The van der Waals surface area contributed by atoms with Crippen molar-refractivity contribution >= 4 is 5.91 Å². The van der Waals surface area contributed by atoms with Crippen LogP contribution in [0.15, 0.2) is 30.9 Å². The highest BCUT2D eigenvalue weighted by Crippen LogP contribution is 2.20. The molecular weight excluding hydrogens is 306 g/mol. The van der Waals surface area contributed by atoms with Crippen molar-refractivity contribution in [3.63, 3.8) is 0 Å². The lowest BCUT2D eigenvalue weighted by Crippen LogP contribution is -2.41. The van der Waals surface area contributed by atoms with Crippen LogP contribution in [0.1, 0.15) is 37.2 Å². The Balaban J connectivity index is 1.65. The van der Waals surface area contributed by atoms with Crippen molar-refractivity contribution in [2.75, 3.05) is 13.1 Å². The predicted octanol–water partition coefficient (Wildman–Crippen LogP) is 2.01. The third-order valence-corrected chi connectivity index (χ3v) is 4.02. The Morgan fingerprint density at radius 2 is 2.29 bits per heavy atom. The molecule has 2 aromatic rings. The van der Waals surface area contributed by atoms with Gasteiger partial charge < -0.3 is 9.64 Å². The number of aromatic nitrogens is 4. The van der Waals surface area contributed by atoms with Gasteiger partial charge in [-0.2, -0.15) is 5.10 Å². The van der Waals surface area contributed by atoms with Crippen LogP contribution in [0, 0.1) is 5.92 Å². The Morgan fingerprint density at radius 3 is 3.04 bits per heavy atom. The Hall–Kier alpha value is -2.44. The van der Waals surface area contributed by atoms with Gasteiger partial charge in [0.1, 0.15) is 18.3 Å². The number of carbonyl (C=O) groups excluding carboxylic acids is 1. The molecule has 7 heteroatoms. The lowest BCUT2D eigenvalue weighted by molar-refractivity contribution is 0.0652. The molecule has 0 bridgehead atoms. The molecule has 1 unspecified atom stereocenters. The SMILES string of the molecule is CC(C)Oc1cccc(C(=O)N2CCCC(Cn3cncn3)C2)n1. The van der Waals surface area contributed by atoms with E-state index in [9.17, 15) is 4.79 Å². The van der Waals surface area contributed by atoms with Crippen LogP contribution in [0.5, 0.6) is 5.88 Å². The van der Waals surface area contributed by atoms with E-state index >= 15 is 0 Å². The Morgan fingerprint density at radius 1 is 1.42 bits per heavy atom. The molecule has 0 spiro atoms. The third kappa shape index (κ3) is 4.10. The van der Waals surface area contributed by atoms with E-state index in [1.54, 1.807) is 18.5 Å². The van der Waals surface area contributed by atoms with Gasteiger partial charge in [0.2, 0.25) is 5.88 Å². The molecule has 0 radical (unpaired) electrons. The van der Waals surface area contributed by atoms with E-state index in [4.69, 9.17) is 4.74 Å². The first-order valence-electron chi connectivity index (χ1n) is 8.37. The fraction of sp³-hybridized carbons (Fsp3) is 0.529. The van der Waals surface area contributed by atoms with Gasteiger partial charge in [-0.25, -0.2) is 9.97 Å². The zero-order valence-electron chi connectivity index (χ0n) is 14.1. The van der Waals surface area contributed by atoms with Gasteiger partial charge in [0, 0.05) is 25.7 Å². The summed E-state index contributed by atoms with van der Waals surface area (Å²) in [6, 6.07) is 5.34. The molecule has 1 aliphatic heterocycles. The fourth-order valence-electron chi connectivity index (χ4n) is 2.99. The van der Waals surface area contributed by atoms with Gasteiger partial charge in [-0.1, -0.05) is 6.07 Å². The number of likely N-dealkylation sites (tertiary alicyclic amines) is 1. The minimum absolute atomic E-state index is 0.0323. The van der Waals surface area contributed by atoms with Crippen LogP contribution >= 0.6 is 0 Å². The van der Waals surface area contributed by atoms with Crippen molar-refractivity contribution in [3.05, 3.63) is 36.5 Å². The Kier molecular flexibility index (Phi) is 5.08. The Labute approximate surface area is 141 Å². The van der Waals surface area contributed by atoms with Crippen molar-refractivity contribution < 1.29 is 9.53 Å². The molecule has 1 fully saturated rings. The quantitative estimate of drug-likeness (QED) is 0.839. The molecular formula is C17H23N5O2. The molecule has 1 atom stereocenters. The minimum atomic E-state index is -0.0347. The summed E-state index contributed by atoms with van der Waals surface area (Å²) in [6.07, 6.45) is 5.37. The number of hydrogen-bond acceptors (Lipinski definition) is 5. The lowest BCUT2D eigenvalue weighted by Gasteiger charge is -2.32. The summed E-state index contributed by atoms with van der Waals surface area (Å²) >= 11 is 0. The largest absolute Gasteiger partial charge is 0.475 e.